The zero-order valence-electron chi connectivity index (χ0n) is 6.96. The van der Waals surface area contributed by atoms with E-state index in [0.717, 1.165) is 24.3 Å². The van der Waals surface area contributed by atoms with Gasteiger partial charge in [0.05, 0.1) is 5.56 Å². The molecule has 1 rings (SSSR count). The van der Waals surface area contributed by atoms with Crippen LogP contribution in [0.2, 0.25) is 0 Å². The summed E-state index contributed by atoms with van der Waals surface area (Å²) >= 11 is 15.5. The third-order valence-corrected chi connectivity index (χ3v) is 2.45. The lowest BCUT2D eigenvalue weighted by molar-refractivity contribution is -0.137. The van der Waals surface area contributed by atoms with Crippen LogP contribution in [0, 0.1) is 0 Å². The fourth-order valence-corrected chi connectivity index (χ4v) is 1.93. The molecule has 8 heteroatoms. The van der Waals surface area contributed by atoms with E-state index in [1.807, 2.05) is 0 Å². The molecule has 84 valence electrons. The highest BCUT2D eigenvalue weighted by Crippen LogP contribution is 2.57. The molecule has 0 unspecified atom stereocenters. The number of rotatable bonds is 2. The Morgan fingerprint density at radius 3 is 1.93 bits per heavy atom. The van der Waals surface area contributed by atoms with Crippen LogP contribution in [-0.4, -0.2) is 0 Å². The molecule has 0 spiro atoms. The molecule has 0 aliphatic rings. The van der Waals surface area contributed by atoms with Gasteiger partial charge in [-0.2, -0.15) is 13.2 Å². The molecule has 0 bridgehead atoms. The zero-order valence-corrected chi connectivity index (χ0v) is 10.2. The minimum atomic E-state index is -4.37. The van der Waals surface area contributed by atoms with Crippen LogP contribution in [0.1, 0.15) is 5.56 Å². The van der Waals surface area contributed by atoms with E-state index in [1.165, 1.54) is 0 Å². The van der Waals surface area contributed by atoms with Gasteiger partial charge < -0.3 is 4.52 Å². The Bertz CT molecular complexity index is 386. The van der Waals surface area contributed by atoms with E-state index >= 15 is 0 Å². The zero-order chi connectivity index (χ0) is 11.7. The van der Waals surface area contributed by atoms with Crippen molar-refractivity contribution in [2.45, 2.75) is 6.18 Å². The fourth-order valence-electron chi connectivity index (χ4n) is 0.827. The van der Waals surface area contributed by atoms with Crippen LogP contribution in [0.4, 0.5) is 13.2 Å². The molecule has 0 radical (unpaired) electrons. The number of hydrogen-bond acceptors (Lipinski definition) is 2. The molecule has 1 aromatic carbocycles. The Balaban J connectivity index is 2.87. The van der Waals surface area contributed by atoms with Crippen LogP contribution in [-0.2, 0) is 18.0 Å². The maximum atomic E-state index is 12.2. The van der Waals surface area contributed by atoms with E-state index in [-0.39, 0.29) is 5.75 Å². The van der Waals surface area contributed by atoms with Crippen LogP contribution in [0.15, 0.2) is 24.3 Å². The Kier molecular flexibility index (Phi) is 3.93. The molecule has 0 saturated heterocycles. The first kappa shape index (κ1) is 13.1. The summed E-state index contributed by atoms with van der Waals surface area (Å²) in [4.78, 5) is -2.95. The van der Waals surface area contributed by atoms with Crippen molar-refractivity contribution in [3.05, 3.63) is 29.8 Å². The van der Waals surface area contributed by atoms with Crippen molar-refractivity contribution in [2.24, 2.45) is 0 Å². The fraction of sp³-hybridized carbons (Fsp3) is 0.143. The molecule has 0 heterocycles. The van der Waals surface area contributed by atoms with Gasteiger partial charge in [0.1, 0.15) is 5.75 Å². The highest BCUT2D eigenvalue weighted by Gasteiger charge is 2.30. The second kappa shape index (κ2) is 4.50. The summed E-state index contributed by atoms with van der Waals surface area (Å²) in [5.41, 5.74) is -0.771. The van der Waals surface area contributed by atoms with Crippen molar-refractivity contribution in [3.8, 4) is 5.75 Å². The summed E-state index contributed by atoms with van der Waals surface area (Å²) in [6, 6.07) is 3.98. The standard InChI is InChI=1S/C7H4Cl2F3OPS/c8-14(9,15)13-6-3-1-5(2-4-6)7(10,11)12/h1-4H. The van der Waals surface area contributed by atoms with Gasteiger partial charge in [0.15, 0.2) is 0 Å². The van der Waals surface area contributed by atoms with E-state index in [9.17, 15) is 13.2 Å². The predicted molar refractivity (Wildman–Crippen MR) is 58.1 cm³/mol. The van der Waals surface area contributed by atoms with Crippen molar-refractivity contribution in [3.63, 3.8) is 0 Å². The molecule has 0 fully saturated rings. The predicted octanol–water partition coefficient (Wildman–Crippen LogP) is 4.79. The lowest BCUT2D eigenvalue weighted by atomic mass is 10.2. The van der Waals surface area contributed by atoms with Gasteiger partial charge in [-0.1, -0.05) is 0 Å². The lowest BCUT2D eigenvalue weighted by Gasteiger charge is -2.10. The first-order valence-corrected chi connectivity index (χ1v) is 8.08. The van der Waals surface area contributed by atoms with Gasteiger partial charge >= 0.3 is 6.18 Å². The highest BCUT2D eigenvalue weighted by molar-refractivity contribution is 8.36. The number of halogens is 5. The second-order valence-corrected chi connectivity index (χ2v) is 9.66. The molecule has 1 aromatic rings. The SMILES string of the molecule is FC(F)(F)c1ccc(OP(=S)(Cl)Cl)cc1. The first-order valence-electron chi connectivity index (χ1n) is 3.55. The molecular formula is C7H4Cl2F3OPS. The third-order valence-electron chi connectivity index (χ3n) is 1.39. The van der Waals surface area contributed by atoms with Crippen molar-refractivity contribution < 1.29 is 17.7 Å². The Labute approximate surface area is 98.8 Å². The van der Waals surface area contributed by atoms with Crippen molar-refractivity contribution in [1.29, 1.82) is 0 Å². The van der Waals surface area contributed by atoms with Gasteiger partial charge in [-0.05, 0) is 58.6 Å². The van der Waals surface area contributed by atoms with Crippen molar-refractivity contribution in [2.75, 3.05) is 0 Å². The minimum absolute atomic E-state index is 0.122. The molecule has 0 aromatic heterocycles. The Morgan fingerprint density at radius 1 is 1.13 bits per heavy atom. The normalized spacial score (nSPS) is 12.6. The Hall–Kier alpha value is 0.0400. The van der Waals surface area contributed by atoms with Crippen LogP contribution in [0.3, 0.4) is 0 Å². The summed E-state index contributed by atoms with van der Waals surface area (Å²) in [7, 11) is 0. The monoisotopic (exact) mass is 294 g/mol. The van der Waals surface area contributed by atoms with Crippen LogP contribution < -0.4 is 4.52 Å². The average Bonchev–Trinajstić information content (AvgIpc) is 2.00. The van der Waals surface area contributed by atoms with E-state index in [1.54, 1.807) is 0 Å². The van der Waals surface area contributed by atoms with E-state index < -0.39 is 16.7 Å². The van der Waals surface area contributed by atoms with E-state index in [2.05, 4.69) is 11.8 Å². The molecule has 0 amide bonds. The summed E-state index contributed by atoms with van der Waals surface area (Å²) in [6.45, 7) is 0. The lowest BCUT2D eigenvalue weighted by Crippen LogP contribution is -2.03. The van der Waals surface area contributed by atoms with Gasteiger partial charge in [0, 0.05) is 0 Å². The molecule has 0 atom stereocenters. The number of benzene rings is 1. The van der Waals surface area contributed by atoms with Crippen LogP contribution in [0.25, 0.3) is 0 Å². The smallest absolute Gasteiger partial charge is 0.416 e. The highest BCUT2D eigenvalue weighted by atomic mass is 35.9. The van der Waals surface area contributed by atoms with E-state index in [4.69, 9.17) is 27.0 Å². The molecule has 0 N–H and O–H groups in total. The molecular weight excluding hydrogens is 291 g/mol. The summed E-state index contributed by atoms with van der Waals surface area (Å²) in [5.74, 6) is 0.122. The molecule has 0 aliphatic carbocycles. The molecule has 15 heavy (non-hydrogen) atoms. The maximum Gasteiger partial charge on any atom is 0.416 e. The third kappa shape index (κ3) is 4.60. The van der Waals surface area contributed by atoms with Gasteiger partial charge in [0.25, 0.3) is 4.97 Å². The summed E-state index contributed by atoms with van der Waals surface area (Å²) in [6.07, 6.45) is -4.37. The van der Waals surface area contributed by atoms with Crippen molar-refractivity contribution >= 4 is 39.3 Å². The second-order valence-electron chi connectivity index (χ2n) is 2.53. The summed E-state index contributed by atoms with van der Waals surface area (Å²) < 4.78 is 41.3. The van der Waals surface area contributed by atoms with Crippen LogP contribution in [0.5, 0.6) is 5.75 Å². The number of hydrogen-bond donors (Lipinski definition) is 0. The van der Waals surface area contributed by atoms with Crippen LogP contribution >= 0.6 is 27.5 Å². The largest absolute Gasteiger partial charge is 0.441 e. The molecule has 0 aliphatic heterocycles. The van der Waals surface area contributed by atoms with Crippen molar-refractivity contribution in [1.82, 2.24) is 0 Å². The van der Waals surface area contributed by atoms with E-state index in [0.29, 0.717) is 0 Å². The van der Waals surface area contributed by atoms with Gasteiger partial charge in [-0.15, -0.1) is 0 Å². The first-order chi connectivity index (χ1) is 6.68. The minimum Gasteiger partial charge on any atom is -0.441 e. The van der Waals surface area contributed by atoms with Gasteiger partial charge in [-0.3, -0.25) is 0 Å². The topological polar surface area (TPSA) is 9.23 Å². The molecule has 0 saturated carbocycles. The maximum absolute atomic E-state index is 12.2. The van der Waals surface area contributed by atoms with Gasteiger partial charge in [0.2, 0.25) is 0 Å². The average molecular weight is 295 g/mol. The Morgan fingerprint density at radius 2 is 1.60 bits per heavy atom. The summed E-state index contributed by atoms with van der Waals surface area (Å²) in [5, 5.41) is 0. The quantitative estimate of drug-likeness (QED) is 0.726. The van der Waals surface area contributed by atoms with Gasteiger partial charge in [-0.25, -0.2) is 0 Å². The molecule has 1 nitrogen and oxygen atoms in total. The number of alkyl halides is 3.